The van der Waals surface area contributed by atoms with Crippen LogP contribution in [0.1, 0.15) is 43.1 Å². The van der Waals surface area contributed by atoms with Crippen LogP contribution in [0.4, 0.5) is 0 Å². The highest BCUT2D eigenvalue weighted by molar-refractivity contribution is 9.10. The smallest absolute Gasteiger partial charge is 0.164 e. The van der Waals surface area contributed by atoms with Crippen LogP contribution in [-0.2, 0) is 5.41 Å². The van der Waals surface area contributed by atoms with Crippen LogP contribution in [0.2, 0.25) is 0 Å². The summed E-state index contributed by atoms with van der Waals surface area (Å²) in [5, 5.41) is 0. The Balaban J connectivity index is 2.58. The molecule has 1 aromatic carbocycles. The summed E-state index contributed by atoms with van der Waals surface area (Å²) in [4.78, 5) is 11.9. The van der Waals surface area contributed by atoms with Crippen LogP contribution in [0.15, 0.2) is 16.6 Å². The summed E-state index contributed by atoms with van der Waals surface area (Å²) in [6, 6.07) is 3.81. The first kappa shape index (κ1) is 11.6. The van der Waals surface area contributed by atoms with E-state index >= 15 is 0 Å². The Morgan fingerprint density at radius 2 is 2.12 bits per heavy atom. The lowest BCUT2D eigenvalue weighted by molar-refractivity contribution is 0.0979. The summed E-state index contributed by atoms with van der Waals surface area (Å²) in [6.07, 6.45) is 0.580. The minimum Gasteiger partial charge on any atom is -0.494 e. The number of ketones is 1. The fourth-order valence-corrected chi connectivity index (χ4v) is 3.30. The quantitative estimate of drug-likeness (QED) is 0.827. The monoisotopic (exact) mass is 282 g/mol. The Kier molecular flexibility index (Phi) is 2.82. The van der Waals surface area contributed by atoms with Gasteiger partial charge in [0.2, 0.25) is 0 Å². The molecule has 86 valence electrons. The van der Waals surface area contributed by atoms with Crippen molar-refractivity contribution in [1.82, 2.24) is 0 Å². The highest BCUT2D eigenvalue weighted by Crippen LogP contribution is 2.44. The average Bonchev–Trinajstić information content (AvgIpc) is 2.37. The van der Waals surface area contributed by atoms with Gasteiger partial charge in [-0.1, -0.05) is 29.8 Å². The molecule has 2 nitrogen and oxygen atoms in total. The number of carbonyl (C=O) groups is 1. The zero-order valence-corrected chi connectivity index (χ0v) is 11.3. The maximum Gasteiger partial charge on any atom is 0.164 e. The third-order valence-electron chi connectivity index (χ3n) is 2.95. The maximum absolute atomic E-state index is 11.9. The van der Waals surface area contributed by atoms with E-state index in [1.807, 2.05) is 19.1 Å². The van der Waals surface area contributed by atoms with E-state index in [9.17, 15) is 4.79 Å². The number of hydrogen-bond donors (Lipinski definition) is 0. The summed E-state index contributed by atoms with van der Waals surface area (Å²) in [7, 11) is 0. The van der Waals surface area contributed by atoms with Crippen molar-refractivity contribution in [2.45, 2.75) is 32.6 Å². The molecule has 0 aromatic heterocycles. The van der Waals surface area contributed by atoms with Crippen molar-refractivity contribution in [2.75, 3.05) is 6.61 Å². The number of carbonyl (C=O) groups excluding carboxylic acids is 1. The van der Waals surface area contributed by atoms with Crippen LogP contribution in [-0.4, -0.2) is 12.4 Å². The van der Waals surface area contributed by atoms with E-state index in [1.165, 1.54) is 0 Å². The minimum atomic E-state index is -0.0734. The predicted octanol–water partition coefficient (Wildman–Crippen LogP) is 3.71. The van der Waals surface area contributed by atoms with Gasteiger partial charge in [0, 0.05) is 16.5 Å². The molecule has 16 heavy (non-hydrogen) atoms. The van der Waals surface area contributed by atoms with Crippen molar-refractivity contribution in [3.05, 3.63) is 27.7 Å². The second-order valence-corrected chi connectivity index (χ2v) is 5.60. The lowest BCUT2D eigenvalue weighted by Gasteiger charge is -2.19. The molecule has 0 unspecified atom stereocenters. The van der Waals surface area contributed by atoms with E-state index in [-0.39, 0.29) is 11.2 Å². The third-order valence-corrected chi connectivity index (χ3v) is 3.58. The van der Waals surface area contributed by atoms with Crippen molar-refractivity contribution in [2.24, 2.45) is 0 Å². The Morgan fingerprint density at radius 1 is 1.44 bits per heavy atom. The average molecular weight is 283 g/mol. The van der Waals surface area contributed by atoms with Crippen molar-refractivity contribution < 1.29 is 9.53 Å². The van der Waals surface area contributed by atoms with Gasteiger partial charge in [-0.25, -0.2) is 0 Å². The van der Waals surface area contributed by atoms with Gasteiger partial charge in [0.1, 0.15) is 5.75 Å². The number of Topliss-reactive ketones (excluding diaryl/α,β-unsaturated/α-hetero) is 1. The van der Waals surface area contributed by atoms with Crippen LogP contribution in [0.3, 0.4) is 0 Å². The number of rotatable bonds is 2. The van der Waals surface area contributed by atoms with E-state index in [0.29, 0.717) is 13.0 Å². The highest BCUT2D eigenvalue weighted by Gasteiger charge is 2.37. The Labute approximate surface area is 104 Å². The van der Waals surface area contributed by atoms with Crippen LogP contribution in [0.5, 0.6) is 5.75 Å². The first-order valence-corrected chi connectivity index (χ1v) is 6.25. The van der Waals surface area contributed by atoms with Gasteiger partial charge in [0.25, 0.3) is 0 Å². The summed E-state index contributed by atoms with van der Waals surface area (Å²) in [6.45, 7) is 6.75. The molecule has 1 aromatic rings. The van der Waals surface area contributed by atoms with E-state index in [0.717, 1.165) is 21.3 Å². The van der Waals surface area contributed by atoms with Gasteiger partial charge in [0.05, 0.1) is 6.61 Å². The fraction of sp³-hybridized carbons (Fsp3) is 0.462. The molecule has 0 fully saturated rings. The number of hydrogen-bond acceptors (Lipinski definition) is 2. The van der Waals surface area contributed by atoms with Crippen molar-refractivity contribution in [3.8, 4) is 5.75 Å². The second-order valence-electron chi connectivity index (χ2n) is 4.74. The molecular formula is C13H15BrO2. The SMILES string of the molecule is CCOc1cc(Br)c2c(c1)C(=O)CC2(C)C. The topological polar surface area (TPSA) is 26.3 Å². The van der Waals surface area contributed by atoms with Crippen LogP contribution >= 0.6 is 15.9 Å². The molecular weight excluding hydrogens is 268 g/mol. The molecule has 3 heteroatoms. The van der Waals surface area contributed by atoms with Gasteiger partial charge in [0.15, 0.2) is 5.78 Å². The standard InChI is InChI=1S/C13H15BrO2/c1-4-16-8-5-9-11(15)7-13(2,3)12(9)10(14)6-8/h5-6H,4,7H2,1-3H3. The van der Waals surface area contributed by atoms with Crippen LogP contribution in [0.25, 0.3) is 0 Å². The molecule has 0 saturated carbocycles. The summed E-state index contributed by atoms with van der Waals surface area (Å²) in [5.74, 6) is 0.974. The Morgan fingerprint density at radius 3 is 2.75 bits per heavy atom. The normalized spacial score (nSPS) is 17.4. The largest absolute Gasteiger partial charge is 0.494 e. The van der Waals surface area contributed by atoms with Crippen molar-refractivity contribution >= 4 is 21.7 Å². The lowest BCUT2D eigenvalue weighted by atomic mass is 9.86. The number of halogens is 1. The molecule has 0 atom stereocenters. The van der Waals surface area contributed by atoms with Gasteiger partial charge in [-0.05, 0) is 30.0 Å². The molecule has 1 aliphatic carbocycles. The summed E-state index contributed by atoms with van der Waals surface area (Å²) >= 11 is 3.54. The molecule has 0 bridgehead atoms. The van der Waals surface area contributed by atoms with Gasteiger partial charge in [-0.3, -0.25) is 4.79 Å². The van der Waals surface area contributed by atoms with E-state index in [1.54, 1.807) is 0 Å². The molecule has 2 rings (SSSR count). The number of ether oxygens (including phenoxy) is 1. The van der Waals surface area contributed by atoms with Gasteiger partial charge in [-0.15, -0.1) is 0 Å². The molecule has 0 radical (unpaired) electrons. The highest BCUT2D eigenvalue weighted by atomic mass is 79.9. The molecule has 1 aliphatic rings. The Bertz CT molecular complexity index is 449. The van der Waals surface area contributed by atoms with Crippen molar-refractivity contribution in [1.29, 1.82) is 0 Å². The van der Waals surface area contributed by atoms with Gasteiger partial charge < -0.3 is 4.74 Å². The van der Waals surface area contributed by atoms with Crippen LogP contribution in [0, 0.1) is 0 Å². The van der Waals surface area contributed by atoms with Gasteiger partial charge in [-0.2, -0.15) is 0 Å². The fourth-order valence-electron chi connectivity index (χ4n) is 2.32. The first-order chi connectivity index (χ1) is 7.45. The minimum absolute atomic E-state index is 0.0734. The Hall–Kier alpha value is -0.830. The zero-order chi connectivity index (χ0) is 11.9. The molecule has 0 aliphatic heterocycles. The molecule has 0 saturated heterocycles. The maximum atomic E-state index is 11.9. The summed E-state index contributed by atoms with van der Waals surface area (Å²) < 4.78 is 6.42. The van der Waals surface area contributed by atoms with Crippen LogP contribution < -0.4 is 4.74 Å². The van der Waals surface area contributed by atoms with Crippen molar-refractivity contribution in [3.63, 3.8) is 0 Å². The second kappa shape index (κ2) is 3.88. The third kappa shape index (κ3) is 1.77. The van der Waals surface area contributed by atoms with E-state index in [2.05, 4.69) is 29.8 Å². The molecule has 0 spiro atoms. The number of benzene rings is 1. The molecule has 0 amide bonds. The first-order valence-electron chi connectivity index (χ1n) is 5.45. The van der Waals surface area contributed by atoms with E-state index < -0.39 is 0 Å². The molecule has 0 N–H and O–H groups in total. The zero-order valence-electron chi connectivity index (χ0n) is 9.76. The lowest BCUT2D eigenvalue weighted by Crippen LogP contribution is -2.13. The molecule has 0 heterocycles. The summed E-state index contributed by atoms with van der Waals surface area (Å²) in [5.41, 5.74) is 1.85. The number of fused-ring (bicyclic) bond motifs is 1. The predicted molar refractivity (Wildman–Crippen MR) is 67.3 cm³/mol. The van der Waals surface area contributed by atoms with E-state index in [4.69, 9.17) is 4.74 Å². The van der Waals surface area contributed by atoms with Gasteiger partial charge >= 0.3 is 0 Å².